The average Bonchev–Trinajstić information content (AvgIpc) is 3.05. The van der Waals surface area contributed by atoms with E-state index in [0.717, 1.165) is 0 Å². The molecule has 3 aromatic rings. The van der Waals surface area contributed by atoms with Gasteiger partial charge < -0.3 is 19.6 Å². The number of methoxy groups -OCH3 is 1. The molecule has 8 heteroatoms. The van der Waals surface area contributed by atoms with Crippen molar-refractivity contribution in [3.05, 3.63) is 42.5 Å². The van der Waals surface area contributed by atoms with E-state index in [1.807, 2.05) is 0 Å². The summed E-state index contributed by atoms with van der Waals surface area (Å²) < 4.78 is 39.7. The number of alkyl halides is 2. The minimum atomic E-state index is -2.94. The Hall–Kier alpha value is -3.16. The topological polar surface area (TPSA) is 83.4 Å². The Morgan fingerprint density at radius 2 is 1.71 bits per heavy atom. The normalized spacial score (nSPS) is 10.8. The van der Waals surface area contributed by atoms with Crippen molar-refractivity contribution in [1.82, 2.24) is 10.2 Å². The molecule has 6 nitrogen and oxygen atoms in total. The number of nitrogens with zero attached hydrogens (tertiary/aromatic N) is 2. The zero-order chi connectivity index (χ0) is 17.1. The van der Waals surface area contributed by atoms with Gasteiger partial charge in [0.1, 0.15) is 0 Å². The molecule has 0 unspecified atom stereocenters. The fourth-order valence-corrected chi connectivity index (χ4v) is 2.12. The smallest absolute Gasteiger partial charge is 0.387 e. The van der Waals surface area contributed by atoms with Crippen molar-refractivity contribution in [2.75, 3.05) is 12.8 Å². The van der Waals surface area contributed by atoms with Crippen LogP contribution in [0.2, 0.25) is 0 Å². The van der Waals surface area contributed by atoms with Gasteiger partial charge in [-0.1, -0.05) is 6.07 Å². The maximum atomic E-state index is 12.4. The molecule has 0 fully saturated rings. The third-order valence-electron chi connectivity index (χ3n) is 3.19. The van der Waals surface area contributed by atoms with E-state index in [-0.39, 0.29) is 17.4 Å². The highest BCUT2D eigenvalue weighted by atomic mass is 19.3. The van der Waals surface area contributed by atoms with E-state index < -0.39 is 6.61 Å². The van der Waals surface area contributed by atoms with Crippen LogP contribution in [0.1, 0.15) is 0 Å². The second-order valence-corrected chi connectivity index (χ2v) is 4.78. The lowest BCUT2D eigenvalue weighted by Crippen LogP contribution is -2.03. The highest BCUT2D eigenvalue weighted by Crippen LogP contribution is 2.34. The molecule has 0 aliphatic heterocycles. The minimum Gasteiger partial charge on any atom is -0.493 e. The first-order chi connectivity index (χ1) is 11.6. The molecule has 2 N–H and O–H groups in total. The molecule has 2 aromatic carbocycles. The fraction of sp³-hybridized carbons (Fsp3) is 0.125. The van der Waals surface area contributed by atoms with E-state index in [0.29, 0.717) is 22.7 Å². The molecule has 1 heterocycles. The number of anilines is 1. The van der Waals surface area contributed by atoms with E-state index in [9.17, 15) is 8.78 Å². The van der Waals surface area contributed by atoms with Gasteiger partial charge in [0.05, 0.1) is 7.11 Å². The number of ether oxygens (including phenoxy) is 2. The summed E-state index contributed by atoms with van der Waals surface area (Å²) in [6, 6.07) is 11.4. The van der Waals surface area contributed by atoms with Crippen molar-refractivity contribution in [1.29, 1.82) is 0 Å². The Morgan fingerprint density at radius 3 is 2.33 bits per heavy atom. The van der Waals surface area contributed by atoms with Gasteiger partial charge in [-0.05, 0) is 36.4 Å². The summed E-state index contributed by atoms with van der Waals surface area (Å²) in [6.07, 6.45) is 0. The maximum absolute atomic E-state index is 12.4. The molecule has 0 atom stereocenters. The third kappa shape index (κ3) is 3.27. The summed E-state index contributed by atoms with van der Waals surface area (Å²) in [7, 11) is 1.35. The lowest BCUT2D eigenvalue weighted by atomic mass is 10.2. The standard InChI is InChI=1S/C16H13F2N3O3/c1-22-13-8-10(5-6-12(13)23-16(17)18)15-21-20-14(24-15)9-3-2-4-11(19)7-9/h2-8,16H,19H2,1H3. The minimum absolute atomic E-state index is 0.0770. The predicted octanol–water partition coefficient (Wildman–Crippen LogP) is 3.60. The second-order valence-electron chi connectivity index (χ2n) is 4.78. The summed E-state index contributed by atoms with van der Waals surface area (Å²) >= 11 is 0. The lowest BCUT2D eigenvalue weighted by molar-refractivity contribution is -0.0512. The number of aromatic nitrogens is 2. The summed E-state index contributed by atoms with van der Waals surface area (Å²) in [4.78, 5) is 0. The van der Waals surface area contributed by atoms with E-state index in [2.05, 4.69) is 14.9 Å². The van der Waals surface area contributed by atoms with Crippen LogP contribution in [-0.2, 0) is 0 Å². The Balaban J connectivity index is 1.92. The molecule has 0 amide bonds. The van der Waals surface area contributed by atoms with Gasteiger partial charge in [-0.2, -0.15) is 8.78 Å². The first kappa shape index (κ1) is 15.7. The molecule has 0 saturated carbocycles. The molecule has 0 radical (unpaired) electrons. The van der Waals surface area contributed by atoms with Crippen molar-refractivity contribution in [3.8, 4) is 34.4 Å². The Morgan fingerprint density at radius 1 is 1.00 bits per heavy atom. The number of hydrogen-bond donors (Lipinski definition) is 1. The van der Waals surface area contributed by atoms with Crippen LogP contribution in [0.15, 0.2) is 46.9 Å². The molecule has 0 aliphatic carbocycles. The number of nitrogens with two attached hydrogens (primary N) is 1. The molecule has 124 valence electrons. The first-order valence-electron chi connectivity index (χ1n) is 6.89. The Bertz CT molecular complexity index is 852. The predicted molar refractivity (Wildman–Crippen MR) is 82.8 cm³/mol. The van der Waals surface area contributed by atoms with Crippen LogP contribution in [0.25, 0.3) is 22.9 Å². The summed E-state index contributed by atoms with van der Waals surface area (Å²) in [5, 5.41) is 7.92. The van der Waals surface area contributed by atoms with Gasteiger partial charge in [0.15, 0.2) is 11.5 Å². The summed E-state index contributed by atoms with van der Waals surface area (Å²) in [6.45, 7) is -2.94. The van der Waals surface area contributed by atoms with Gasteiger partial charge in [0, 0.05) is 16.8 Å². The van der Waals surface area contributed by atoms with Gasteiger partial charge in [0.25, 0.3) is 0 Å². The highest BCUT2D eigenvalue weighted by Gasteiger charge is 2.15. The average molecular weight is 333 g/mol. The van der Waals surface area contributed by atoms with E-state index in [4.69, 9.17) is 14.9 Å². The number of benzene rings is 2. The molecule has 0 bridgehead atoms. The lowest BCUT2D eigenvalue weighted by Gasteiger charge is -2.10. The number of halogens is 2. The van der Waals surface area contributed by atoms with Gasteiger partial charge in [0.2, 0.25) is 11.8 Å². The first-order valence-corrected chi connectivity index (χ1v) is 6.89. The number of hydrogen-bond acceptors (Lipinski definition) is 6. The van der Waals surface area contributed by atoms with Crippen LogP contribution in [0.5, 0.6) is 11.5 Å². The highest BCUT2D eigenvalue weighted by molar-refractivity contribution is 5.63. The third-order valence-corrected chi connectivity index (χ3v) is 3.19. The van der Waals surface area contributed by atoms with Gasteiger partial charge >= 0.3 is 6.61 Å². The summed E-state index contributed by atoms with van der Waals surface area (Å²) in [5.41, 5.74) is 7.49. The number of rotatable bonds is 5. The van der Waals surface area contributed by atoms with Gasteiger partial charge in [-0.15, -0.1) is 10.2 Å². The molecule has 0 aliphatic rings. The molecule has 0 saturated heterocycles. The van der Waals surface area contributed by atoms with Crippen molar-refractivity contribution < 1.29 is 22.7 Å². The van der Waals surface area contributed by atoms with Crippen LogP contribution in [-0.4, -0.2) is 23.9 Å². The quantitative estimate of drug-likeness (QED) is 0.718. The van der Waals surface area contributed by atoms with Crippen LogP contribution < -0.4 is 15.2 Å². The Kier molecular flexibility index (Phi) is 4.28. The molecular formula is C16H13F2N3O3. The molecular weight excluding hydrogens is 320 g/mol. The molecule has 1 aromatic heterocycles. The summed E-state index contributed by atoms with van der Waals surface area (Å²) in [5.74, 6) is 0.571. The van der Waals surface area contributed by atoms with Crippen molar-refractivity contribution in [2.45, 2.75) is 6.61 Å². The molecule has 3 rings (SSSR count). The fourth-order valence-electron chi connectivity index (χ4n) is 2.12. The zero-order valence-electron chi connectivity index (χ0n) is 12.6. The van der Waals surface area contributed by atoms with Gasteiger partial charge in [-0.25, -0.2) is 0 Å². The zero-order valence-corrected chi connectivity index (χ0v) is 12.6. The van der Waals surface area contributed by atoms with E-state index in [1.165, 1.54) is 25.3 Å². The monoisotopic (exact) mass is 333 g/mol. The van der Waals surface area contributed by atoms with Crippen molar-refractivity contribution in [2.24, 2.45) is 0 Å². The van der Waals surface area contributed by atoms with Crippen LogP contribution >= 0.6 is 0 Å². The maximum Gasteiger partial charge on any atom is 0.387 e. The van der Waals surface area contributed by atoms with Crippen molar-refractivity contribution in [3.63, 3.8) is 0 Å². The second kappa shape index (κ2) is 6.53. The number of nitrogen functional groups attached to an aromatic ring is 1. The van der Waals surface area contributed by atoms with Crippen LogP contribution in [0, 0.1) is 0 Å². The van der Waals surface area contributed by atoms with E-state index in [1.54, 1.807) is 24.3 Å². The largest absolute Gasteiger partial charge is 0.493 e. The van der Waals surface area contributed by atoms with Crippen LogP contribution in [0.3, 0.4) is 0 Å². The molecule has 24 heavy (non-hydrogen) atoms. The van der Waals surface area contributed by atoms with Crippen LogP contribution in [0.4, 0.5) is 14.5 Å². The Labute approximate surface area is 135 Å². The SMILES string of the molecule is COc1cc(-c2nnc(-c3cccc(N)c3)o2)ccc1OC(F)F. The molecule has 0 spiro atoms. The van der Waals surface area contributed by atoms with Gasteiger partial charge in [-0.3, -0.25) is 0 Å². The van der Waals surface area contributed by atoms with Crippen molar-refractivity contribution >= 4 is 5.69 Å². The van der Waals surface area contributed by atoms with E-state index >= 15 is 0 Å².